The third-order valence-corrected chi connectivity index (χ3v) is 3.18. The van der Waals surface area contributed by atoms with Crippen molar-refractivity contribution in [3.63, 3.8) is 0 Å². The fraction of sp³-hybridized carbons (Fsp3) is 0.600. The van der Waals surface area contributed by atoms with E-state index in [-0.39, 0.29) is 5.91 Å². The van der Waals surface area contributed by atoms with Gasteiger partial charge in [-0.25, -0.2) is 0 Å². The summed E-state index contributed by atoms with van der Waals surface area (Å²) in [6.45, 7) is 2.66. The third-order valence-electron chi connectivity index (χ3n) is 3.18. The molecule has 1 amide bonds. The van der Waals surface area contributed by atoms with Crippen LogP contribution in [0.3, 0.4) is 0 Å². The highest BCUT2D eigenvalue weighted by molar-refractivity contribution is 5.96. The van der Waals surface area contributed by atoms with Crippen LogP contribution in [0, 0.1) is 0 Å². The van der Waals surface area contributed by atoms with Crippen molar-refractivity contribution in [1.82, 2.24) is 20.0 Å². The Morgan fingerprint density at radius 1 is 1.60 bits per heavy atom. The van der Waals surface area contributed by atoms with Gasteiger partial charge in [0.05, 0.1) is 6.54 Å². The molecule has 0 aromatic carbocycles. The lowest BCUT2D eigenvalue weighted by Crippen LogP contribution is -2.37. The van der Waals surface area contributed by atoms with E-state index in [2.05, 4.69) is 10.4 Å². The van der Waals surface area contributed by atoms with E-state index in [0.29, 0.717) is 11.7 Å². The monoisotopic (exact) mass is 206 g/mol. The maximum absolute atomic E-state index is 12.0. The van der Waals surface area contributed by atoms with Gasteiger partial charge in [0.25, 0.3) is 5.91 Å². The van der Waals surface area contributed by atoms with Crippen molar-refractivity contribution in [3.8, 4) is 0 Å². The minimum absolute atomic E-state index is 0.0966. The Kier molecular flexibility index (Phi) is 1.82. The first-order chi connectivity index (χ1) is 7.25. The summed E-state index contributed by atoms with van der Waals surface area (Å²) in [6.07, 6.45) is 3.00. The van der Waals surface area contributed by atoms with Crippen LogP contribution in [0.25, 0.3) is 0 Å². The molecule has 1 atom stereocenters. The number of aromatic nitrogens is 2. The van der Waals surface area contributed by atoms with E-state index in [1.54, 1.807) is 4.68 Å². The fourth-order valence-corrected chi connectivity index (χ4v) is 2.43. The van der Waals surface area contributed by atoms with Crippen LogP contribution in [0.2, 0.25) is 0 Å². The van der Waals surface area contributed by atoms with Crippen LogP contribution in [0.5, 0.6) is 0 Å². The van der Waals surface area contributed by atoms with Crippen LogP contribution >= 0.6 is 0 Å². The van der Waals surface area contributed by atoms with Crippen molar-refractivity contribution >= 4 is 5.91 Å². The fourth-order valence-electron chi connectivity index (χ4n) is 2.43. The summed E-state index contributed by atoms with van der Waals surface area (Å²) < 4.78 is 1.72. The normalized spacial score (nSPS) is 25.0. The van der Waals surface area contributed by atoms with Gasteiger partial charge in [-0.3, -0.25) is 9.48 Å². The molecule has 1 N–H and O–H groups in total. The zero-order valence-corrected chi connectivity index (χ0v) is 8.73. The molecule has 80 valence electrons. The first-order valence-corrected chi connectivity index (χ1v) is 5.30. The number of amides is 1. The minimum atomic E-state index is 0.0966. The van der Waals surface area contributed by atoms with Crippen LogP contribution in [0.4, 0.5) is 0 Å². The average molecular weight is 206 g/mol. The summed E-state index contributed by atoms with van der Waals surface area (Å²) in [7, 11) is 1.85. The van der Waals surface area contributed by atoms with Crippen LogP contribution in [0.15, 0.2) is 6.20 Å². The van der Waals surface area contributed by atoms with Crippen molar-refractivity contribution in [3.05, 3.63) is 17.5 Å². The molecule has 1 fully saturated rings. The molecular formula is C10H14N4O. The van der Waals surface area contributed by atoms with Crippen molar-refractivity contribution in [2.24, 2.45) is 7.05 Å². The Hall–Kier alpha value is -1.36. The highest BCUT2D eigenvalue weighted by Crippen LogP contribution is 2.24. The van der Waals surface area contributed by atoms with E-state index >= 15 is 0 Å². The Morgan fingerprint density at radius 2 is 2.47 bits per heavy atom. The molecule has 2 aliphatic heterocycles. The third kappa shape index (κ3) is 1.26. The highest BCUT2D eigenvalue weighted by atomic mass is 16.2. The van der Waals surface area contributed by atoms with Crippen molar-refractivity contribution in [2.45, 2.75) is 19.0 Å². The second-order valence-electron chi connectivity index (χ2n) is 4.26. The summed E-state index contributed by atoms with van der Waals surface area (Å²) in [5, 5.41) is 7.48. The Balaban J connectivity index is 1.86. The van der Waals surface area contributed by atoms with Gasteiger partial charge in [-0.05, 0) is 13.0 Å². The molecule has 0 aliphatic carbocycles. The zero-order valence-electron chi connectivity index (χ0n) is 8.73. The molecule has 5 heteroatoms. The quantitative estimate of drug-likeness (QED) is 0.688. The number of carbonyl (C=O) groups is 1. The van der Waals surface area contributed by atoms with Crippen molar-refractivity contribution in [2.75, 3.05) is 13.1 Å². The van der Waals surface area contributed by atoms with E-state index in [0.717, 1.165) is 31.6 Å². The lowest BCUT2D eigenvalue weighted by atomic mass is 10.2. The Labute approximate surface area is 88.1 Å². The summed E-state index contributed by atoms with van der Waals surface area (Å²) in [4.78, 5) is 14.0. The van der Waals surface area contributed by atoms with Crippen molar-refractivity contribution < 1.29 is 4.79 Å². The number of carbonyl (C=O) groups excluding carboxylic acids is 1. The number of nitrogens with zero attached hydrogens (tertiary/aromatic N) is 3. The molecule has 1 unspecified atom stereocenters. The van der Waals surface area contributed by atoms with Gasteiger partial charge < -0.3 is 10.2 Å². The number of hydrogen-bond acceptors (Lipinski definition) is 3. The van der Waals surface area contributed by atoms with Crippen LogP contribution < -0.4 is 5.32 Å². The lowest BCUT2D eigenvalue weighted by Gasteiger charge is -2.22. The number of aryl methyl sites for hydroxylation is 1. The molecule has 0 spiro atoms. The second-order valence-corrected chi connectivity index (χ2v) is 4.26. The molecule has 3 heterocycles. The molecule has 0 radical (unpaired) electrons. The van der Waals surface area contributed by atoms with Gasteiger partial charge in [-0.2, -0.15) is 5.10 Å². The summed E-state index contributed by atoms with van der Waals surface area (Å²) >= 11 is 0. The summed E-state index contributed by atoms with van der Waals surface area (Å²) in [5.41, 5.74) is 1.71. The van der Waals surface area contributed by atoms with Crippen LogP contribution in [-0.4, -0.2) is 39.7 Å². The predicted octanol–water partition coefficient (Wildman–Crippen LogP) is -0.262. The van der Waals surface area contributed by atoms with Gasteiger partial charge in [0.15, 0.2) is 5.69 Å². The number of hydrogen-bond donors (Lipinski definition) is 1. The van der Waals surface area contributed by atoms with E-state index in [4.69, 9.17) is 0 Å². The van der Waals surface area contributed by atoms with Gasteiger partial charge in [-0.1, -0.05) is 0 Å². The van der Waals surface area contributed by atoms with Gasteiger partial charge in [0, 0.05) is 31.4 Å². The first-order valence-electron chi connectivity index (χ1n) is 5.30. The van der Waals surface area contributed by atoms with E-state index in [1.165, 1.54) is 0 Å². The number of nitrogens with one attached hydrogen (secondary N) is 1. The molecule has 5 nitrogen and oxygen atoms in total. The molecule has 2 aliphatic rings. The standard InChI is InChI=1S/C10H14N4O/c1-13-5-7-6-14(8-2-3-11-4-8)10(15)9(7)12-13/h5,8,11H,2-4,6H2,1H3. The number of fused-ring (bicyclic) bond motifs is 1. The topological polar surface area (TPSA) is 50.2 Å². The Bertz CT molecular complexity index is 406. The molecule has 3 rings (SSSR count). The molecule has 1 aromatic heterocycles. The minimum Gasteiger partial charge on any atom is -0.328 e. The SMILES string of the molecule is Cn1cc2c(n1)C(=O)N(C1CCNC1)C2. The summed E-state index contributed by atoms with van der Waals surface area (Å²) in [6, 6.07) is 0.358. The molecule has 0 saturated carbocycles. The van der Waals surface area contributed by atoms with Gasteiger partial charge >= 0.3 is 0 Å². The zero-order chi connectivity index (χ0) is 10.4. The molecule has 15 heavy (non-hydrogen) atoms. The maximum Gasteiger partial charge on any atom is 0.275 e. The largest absolute Gasteiger partial charge is 0.328 e. The average Bonchev–Trinajstić information content (AvgIpc) is 2.84. The van der Waals surface area contributed by atoms with Gasteiger partial charge in [-0.15, -0.1) is 0 Å². The Morgan fingerprint density at radius 3 is 3.13 bits per heavy atom. The predicted molar refractivity (Wildman–Crippen MR) is 54.4 cm³/mol. The van der Waals surface area contributed by atoms with Crippen LogP contribution in [-0.2, 0) is 13.6 Å². The van der Waals surface area contributed by atoms with E-state index < -0.39 is 0 Å². The smallest absolute Gasteiger partial charge is 0.275 e. The van der Waals surface area contributed by atoms with Crippen molar-refractivity contribution in [1.29, 1.82) is 0 Å². The van der Waals surface area contributed by atoms with Crippen LogP contribution in [0.1, 0.15) is 22.5 Å². The van der Waals surface area contributed by atoms with Gasteiger partial charge in [0.2, 0.25) is 0 Å². The van der Waals surface area contributed by atoms with E-state index in [1.807, 2.05) is 18.1 Å². The van der Waals surface area contributed by atoms with E-state index in [9.17, 15) is 4.79 Å². The summed E-state index contributed by atoms with van der Waals surface area (Å²) in [5.74, 6) is 0.0966. The molecular weight excluding hydrogens is 192 g/mol. The maximum atomic E-state index is 12.0. The first kappa shape index (κ1) is 8.91. The lowest BCUT2D eigenvalue weighted by molar-refractivity contribution is 0.0710. The second kappa shape index (κ2) is 3.06. The molecule has 1 aromatic rings. The molecule has 0 bridgehead atoms. The van der Waals surface area contributed by atoms with Gasteiger partial charge in [0.1, 0.15) is 0 Å². The molecule has 1 saturated heterocycles. The number of rotatable bonds is 1. The highest BCUT2D eigenvalue weighted by Gasteiger charge is 2.36.